The van der Waals surface area contributed by atoms with Crippen molar-refractivity contribution in [1.82, 2.24) is 0 Å². The van der Waals surface area contributed by atoms with Crippen LogP contribution in [-0.4, -0.2) is 23.4 Å². The van der Waals surface area contributed by atoms with Crippen molar-refractivity contribution in [3.63, 3.8) is 0 Å². The average Bonchev–Trinajstić information content (AvgIpc) is 2.72. The third-order valence-corrected chi connectivity index (χ3v) is 5.04. The summed E-state index contributed by atoms with van der Waals surface area (Å²) in [7, 11) is 0. The Morgan fingerprint density at radius 2 is 1.87 bits per heavy atom. The lowest BCUT2D eigenvalue weighted by Crippen LogP contribution is -2.36. The molecule has 1 heterocycles. The molecule has 2 N–H and O–H groups in total. The Morgan fingerprint density at radius 3 is 2.60 bits per heavy atom. The van der Waals surface area contributed by atoms with Crippen molar-refractivity contribution in [1.29, 1.82) is 0 Å². The third kappa shape index (κ3) is 4.86. The summed E-state index contributed by atoms with van der Waals surface area (Å²) in [6.45, 7) is 5.57. The maximum Gasteiger partial charge on any atom is 0.271 e. The third-order valence-electron chi connectivity index (χ3n) is 4.71. The lowest BCUT2D eigenvalue weighted by Gasteiger charge is -2.25. The minimum absolute atomic E-state index is 0.145. The minimum atomic E-state index is -0.446. The van der Waals surface area contributed by atoms with Crippen LogP contribution in [0.25, 0.3) is 0 Å². The fourth-order valence-electron chi connectivity index (χ4n) is 3.00. The molecule has 0 unspecified atom stereocenters. The predicted octanol–water partition coefficient (Wildman–Crippen LogP) is 4.43. The van der Waals surface area contributed by atoms with Gasteiger partial charge in [-0.05, 0) is 49.2 Å². The number of carbonyl (C=O) groups excluding carboxylic acids is 3. The smallest absolute Gasteiger partial charge is 0.271 e. The summed E-state index contributed by atoms with van der Waals surface area (Å²) >= 11 is 6.20. The van der Waals surface area contributed by atoms with Gasteiger partial charge >= 0.3 is 0 Å². The summed E-state index contributed by atoms with van der Waals surface area (Å²) in [5.41, 5.74) is 3.66. The number of benzene rings is 2. The molecule has 0 spiro atoms. The number of hydrogen-bond acceptors (Lipinski definition) is 4. The summed E-state index contributed by atoms with van der Waals surface area (Å²) in [4.78, 5) is 36.9. The molecule has 2 aromatic carbocycles. The number of hydrogen-bond donors (Lipinski definition) is 2. The van der Waals surface area contributed by atoms with E-state index in [2.05, 4.69) is 15.7 Å². The van der Waals surface area contributed by atoms with E-state index in [1.54, 1.807) is 25.1 Å². The van der Waals surface area contributed by atoms with E-state index in [-0.39, 0.29) is 30.4 Å². The van der Waals surface area contributed by atoms with E-state index < -0.39 is 5.91 Å². The molecule has 156 valence electrons. The van der Waals surface area contributed by atoms with Gasteiger partial charge in [-0.3, -0.25) is 14.4 Å². The lowest BCUT2D eigenvalue weighted by molar-refractivity contribution is -0.119. The molecule has 1 aliphatic rings. The lowest BCUT2D eigenvalue weighted by atomic mass is 10.1. The van der Waals surface area contributed by atoms with Crippen molar-refractivity contribution >= 4 is 52.1 Å². The number of carbonyl (C=O) groups is 3. The summed E-state index contributed by atoms with van der Waals surface area (Å²) in [6, 6.07) is 10.6. The number of amides is 3. The normalized spacial score (nSPS) is 13.7. The SMILES string of the molecule is CCC(=O)Nc1ccc(Cl)c(NC(=O)C2=NN(c3cc(C)ccc3C)C(=O)CC2)c1. The molecular formula is C22H23ClN4O3. The fourth-order valence-corrected chi connectivity index (χ4v) is 3.16. The van der Waals surface area contributed by atoms with Crippen molar-refractivity contribution in [3.8, 4) is 0 Å². The molecule has 1 aliphatic heterocycles. The molecule has 3 amide bonds. The van der Waals surface area contributed by atoms with Crippen LogP contribution >= 0.6 is 11.6 Å². The van der Waals surface area contributed by atoms with Crippen LogP contribution in [0.5, 0.6) is 0 Å². The van der Waals surface area contributed by atoms with E-state index in [1.165, 1.54) is 5.01 Å². The monoisotopic (exact) mass is 426 g/mol. The molecule has 0 saturated heterocycles. The topological polar surface area (TPSA) is 90.9 Å². The number of nitrogens with one attached hydrogen (secondary N) is 2. The highest BCUT2D eigenvalue weighted by atomic mass is 35.5. The Labute approximate surface area is 180 Å². The van der Waals surface area contributed by atoms with Crippen molar-refractivity contribution in [2.45, 2.75) is 40.0 Å². The number of nitrogens with zero attached hydrogens (tertiary/aromatic N) is 2. The molecule has 3 rings (SSSR count). The second kappa shape index (κ2) is 9.09. The molecule has 30 heavy (non-hydrogen) atoms. The minimum Gasteiger partial charge on any atom is -0.326 e. The Hall–Kier alpha value is -3.19. The first-order valence-corrected chi connectivity index (χ1v) is 10.0. The van der Waals surface area contributed by atoms with Crippen molar-refractivity contribution in [2.75, 3.05) is 15.6 Å². The number of anilines is 3. The van der Waals surface area contributed by atoms with E-state index in [1.807, 2.05) is 32.0 Å². The zero-order valence-electron chi connectivity index (χ0n) is 17.1. The molecule has 0 aromatic heterocycles. The highest BCUT2D eigenvalue weighted by molar-refractivity contribution is 6.45. The number of rotatable bonds is 5. The average molecular weight is 427 g/mol. The second-order valence-electron chi connectivity index (χ2n) is 7.09. The van der Waals surface area contributed by atoms with E-state index >= 15 is 0 Å². The van der Waals surface area contributed by atoms with Gasteiger partial charge < -0.3 is 10.6 Å². The van der Waals surface area contributed by atoms with Gasteiger partial charge in [-0.2, -0.15) is 5.10 Å². The predicted molar refractivity (Wildman–Crippen MR) is 119 cm³/mol. The summed E-state index contributed by atoms with van der Waals surface area (Å²) in [5.74, 6) is -0.754. The quantitative estimate of drug-likeness (QED) is 0.741. The van der Waals surface area contributed by atoms with Crippen LogP contribution in [0.15, 0.2) is 41.5 Å². The van der Waals surface area contributed by atoms with Gasteiger partial charge in [-0.1, -0.05) is 30.7 Å². The largest absolute Gasteiger partial charge is 0.326 e. The van der Waals surface area contributed by atoms with Crippen LogP contribution in [0.3, 0.4) is 0 Å². The molecule has 0 fully saturated rings. The standard InChI is InChI=1S/C22H23ClN4O3/c1-4-20(28)24-15-7-8-16(23)18(12-15)25-22(30)17-9-10-21(29)27(26-17)19-11-13(2)5-6-14(19)3/h5-8,11-12H,4,9-10H2,1-3H3,(H,24,28)(H,25,30). The number of halogens is 1. The van der Waals surface area contributed by atoms with E-state index in [0.29, 0.717) is 28.5 Å². The van der Waals surface area contributed by atoms with Crippen LogP contribution in [0.1, 0.15) is 37.3 Å². The number of aryl methyl sites for hydroxylation is 2. The molecule has 0 aliphatic carbocycles. The van der Waals surface area contributed by atoms with Gasteiger partial charge in [0.2, 0.25) is 11.8 Å². The summed E-state index contributed by atoms with van der Waals surface area (Å²) in [5, 5.41) is 11.4. The van der Waals surface area contributed by atoms with Gasteiger partial charge in [0, 0.05) is 24.9 Å². The van der Waals surface area contributed by atoms with E-state index in [0.717, 1.165) is 11.1 Å². The van der Waals surface area contributed by atoms with Gasteiger partial charge in [0.25, 0.3) is 5.91 Å². The van der Waals surface area contributed by atoms with Crippen LogP contribution in [0.4, 0.5) is 17.1 Å². The molecule has 2 aromatic rings. The molecule has 0 atom stereocenters. The summed E-state index contributed by atoms with van der Waals surface area (Å²) in [6.07, 6.45) is 0.749. The highest BCUT2D eigenvalue weighted by Gasteiger charge is 2.27. The van der Waals surface area contributed by atoms with Gasteiger partial charge in [0.15, 0.2) is 0 Å². The van der Waals surface area contributed by atoms with Gasteiger partial charge in [-0.15, -0.1) is 0 Å². The highest BCUT2D eigenvalue weighted by Crippen LogP contribution is 2.28. The van der Waals surface area contributed by atoms with Gasteiger partial charge in [-0.25, -0.2) is 5.01 Å². The molecule has 0 bridgehead atoms. The van der Waals surface area contributed by atoms with Crippen LogP contribution in [0, 0.1) is 13.8 Å². The molecule has 0 radical (unpaired) electrons. The van der Waals surface area contributed by atoms with E-state index in [4.69, 9.17) is 11.6 Å². The molecular weight excluding hydrogens is 404 g/mol. The van der Waals surface area contributed by atoms with Crippen LogP contribution < -0.4 is 15.6 Å². The van der Waals surface area contributed by atoms with Crippen LogP contribution in [0.2, 0.25) is 5.02 Å². The maximum absolute atomic E-state index is 12.8. The van der Waals surface area contributed by atoms with Crippen LogP contribution in [-0.2, 0) is 14.4 Å². The maximum atomic E-state index is 12.8. The first-order chi connectivity index (χ1) is 14.3. The van der Waals surface area contributed by atoms with E-state index in [9.17, 15) is 14.4 Å². The Morgan fingerprint density at radius 1 is 1.10 bits per heavy atom. The van der Waals surface area contributed by atoms with Crippen molar-refractivity contribution in [2.24, 2.45) is 5.10 Å². The molecule has 8 heteroatoms. The molecule has 0 saturated carbocycles. The Balaban J connectivity index is 1.84. The Kier molecular flexibility index (Phi) is 6.52. The fraction of sp³-hybridized carbons (Fsp3) is 0.273. The molecule has 7 nitrogen and oxygen atoms in total. The first-order valence-electron chi connectivity index (χ1n) is 9.67. The number of hydrazone groups is 1. The van der Waals surface area contributed by atoms with Gasteiger partial charge in [0.1, 0.15) is 5.71 Å². The Bertz CT molecular complexity index is 1050. The van der Waals surface area contributed by atoms with Crippen molar-refractivity contribution < 1.29 is 14.4 Å². The second-order valence-corrected chi connectivity index (χ2v) is 7.50. The first kappa shape index (κ1) is 21.5. The zero-order valence-corrected chi connectivity index (χ0v) is 17.8. The van der Waals surface area contributed by atoms with Gasteiger partial charge in [0.05, 0.1) is 16.4 Å². The van der Waals surface area contributed by atoms with Crippen molar-refractivity contribution in [3.05, 3.63) is 52.5 Å². The zero-order chi connectivity index (χ0) is 21.8. The summed E-state index contributed by atoms with van der Waals surface area (Å²) < 4.78 is 0.